The quantitative estimate of drug-likeness (QED) is 0.742. The second-order valence-corrected chi connectivity index (χ2v) is 5.61. The summed E-state index contributed by atoms with van der Waals surface area (Å²) in [5, 5.41) is 12.9. The van der Waals surface area contributed by atoms with Gasteiger partial charge in [-0.05, 0) is 25.3 Å². The fraction of sp³-hybridized carbons (Fsp3) is 0.562. The molecular weight excluding hydrogens is 268 g/mol. The lowest BCUT2D eigenvalue weighted by molar-refractivity contribution is -0.124. The van der Waals surface area contributed by atoms with Gasteiger partial charge in [0.15, 0.2) is 0 Å². The topological polar surface area (TPSA) is 84.6 Å². The Morgan fingerprint density at radius 3 is 2.71 bits per heavy atom. The lowest BCUT2D eigenvalue weighted by Crippen LogP contribution is -2.53. The van der Waals surface area contributed by atoms with E-state index in [2.05, 4.69) is 5.32 Å². The maximum absolute atomic E-state index is 12.2. The van der Waals surface area contributed by atoms with E-state index >= 15 is 0 Å². The predicted molar refractivity (Wildman–Crippen MR) is 80.7 cm³/mol. The van der Waals surface area contributed by atoms with Crippen LogP contribution in [0.4, 0.5) is 0 Å². The molecule has 1 aliphatic rings. The molecule has 5 atom stereocenters. The SMILES string of the molecule is CC[C@H]1O[C@@H](C)C(O)[C@H]1NC(=O)C(N)Cc1ccccc1. The lowest BCUT2D eigenvalue weighted by atomic mass is 10.0. The van der Waals surface area contributed by atoms with Crippen molar-refractivity contribution in [1.82, 2.24) is 5.32 Å². The minimum absolute atomic E-state index is 0.164. The van der Waals surface area contributed by atoms with Crippen LogP contribution in [0.15, 0.2) is 30.3 Å². The molecule has 1 saturated heterocycles. The second-order valence-electron chi connectivity index (χ2n) is 5.61. The van der Waals surface area contributed by atoms with Crippen molar-refractivity contribution in [2.24, 2.45) is 5.73 Å². The molecule has 5 heteroatoms. The van der Waals surface area contributed by atoms with E-state index in [1.54, 1.807) is 0 Å². The second kappa shape index (κ2) is 7.02. The highest BCUT2D eigenvalue weighted by Gasteiger charge is 2.41. The Hall–Kier alpha value is -1.43. The fourth-order valence-corrected chi connectivity index (χ4v) is 2.71. The number of aliphatic hydroxyl groups is 1. The number of nitrogens with two attached hydrogens (primary N) is 1. The number of aliphatic hydroxyl groups excluding tert-OH is 1. The largest absolute Gasteiger partial charge is 0.388 e. The predicted octanol–water partition coefficient (Wildman–Crippen LogP) is 0.599. The zero-order valence-electron chi connectivity index (χ0n) is 12.5. The molecule has 0 aliphatic carbocycles. The highest BCUT2D eigenvalue weighted by atomic mass is 16.5. The Balaban J connectivity index is 1.94. The maximum Gasteiger partial charge on any atom is 0.237 e. The molecule has 0 spiro atoms. The normalized spacial score (nSPS) is 30.1. The molecule has 2 unspecified atom stereocenters. The van der Waals surface area contributed by atoms with Crippen LogP contribution in [0.25, 0.3) is 0 Å². The maximum atomic E-state index is 12.2. The molecule has 2 rings (SSSR count). The van der Waals surface area contributed by atoms with Crippen molar-refractivity contribution in [1.29, 1.82) is 0 Å². The minimum atomic E-state index is -0.692. The molecule has 0 bridgehead atoms. The van der Waals surface area contributed by atoms with Crippen molar-refractivity contribution < 1.29 is 14.6 Å². The van der Waals surface area contributed by atoms with Crippen molar-refractivity contribution >= 4 is 5.91 Å². The molecule has 0 radical (unpaired) electrons. The summed E-state index contributed by atoms with van der Waals surface area (Å²) >= 11 is 0. The molecule has 1 aromatic rings. The first-order valence-electron chi connectivity index (χ1n) is 7.46. The number of ether oxygens (including phenoxy) is 1. The van der Waals surface area contributed by atoms with E-state index in [1.807, 2.05) is 44.2 Å². The molecule has 5 nitrogen and oxygen atoms in total. The van der Waals surface area contributed by atoms with Crippen molar-refractivity contribution in [3.63, 3.8) is 0 Å². The number of carbonyl (C=O) groups excluding carboxylic acids is 1. The van der Waals surface area contributed by atoms with Crippen molar-refractivity contribution in [3.05, 3.63) is 35.9 Å². The van der Waals surface area contributed by atoms with Gasteiger partial charge < -0.3 is 20.9 Å². The Bertz CT molecular complexity index is 466. The van der Waals surface area contributed by atoms with Crippen molar-refractivity contribution in [2.75, 3.05) is 0 Å². The molecule has 0 saturated carbocycles. The first-order chi connectivity index (χ1) is 10.0. The molecule has 1 fully saturated rings. The van der Waals surface area contributed by atoms with Gasteiger partial charge in [0, 0.05) is 0 Å². The van der Waals surface area contributed by atoms with E-state index < -0.39 is 12.1 Å². The Morgan fingerprint density at radius 1 is 1.43 bits per heavy atom. The van der Waals surface area contributed by atoms with Crippen LogP contribution in [-0.2, 0) is 16.0 Å². The van der Waals surface area contributed by atoms with Crippen LogP contribution in [0.2, 0.25) is 0 Å². The van der Waals surface area contributed by atoms with E-state index in [1.165, 1.54) is 0 Å². The summed E-state index contributed by atoms with van der Waals surface area (Å²) in [5.41, 5.74) is 6.98. The standard InChI is InChI=1S/C16H24N2O3/c1-3-13-14(15(19)10(2)21-13)18-16(20)12(17)9-11-7-5-4-6-8-11/h4-8,10,12-15,19H,3,9,17H2,1-2H3,(H,18,20)/t10-,12?,13+,14-,15?/m0/s1. The summed E-state index contributed by atoms with van der Waals surface area (Å²) < 4.78 is 5.63. The molecule has 1 amide bonds. The third-order valence-electron chi connectivity index (χ3n) is 3.99. The zero-order chi connectivity index (χ0) is 15.4. The van der Waals surface area contributed by atoms with Crippen molar-refractivity contribution in [3.8, 4) is 0 Å². The van der Waals surface area contributed by atoms with E-state index in [4.69, 9.17) is 10.5 Å². The Labute approximate surface area is 125 Å². The number of amides is 1. The van der Waals surface area contributed by atoms with Crippen LogP contribution < -0.4 is 11.1 Å². The van der Waals surface area contributed by atoms with Crippen LogP contribution in [0.5, 0.6) is 0 Å². The number of carbonyl (C=O) groups is 1. The summed E-state index contributed by atoms with van der Waals surface area (Å²) in [6.07, 6.45) is 0.0828. The highest BCUT2D eigenvalue weighted by molar-refractivity contribution is 5.82. The number of hydrogen-bond acceptors (Lipinski definition) is 4. The summed E-state index contributed by atoms with van der Waals surface area (Å²) in [7, 11) is 0. The third-order valence-corrected chi connectivity index (χ3v) is 3.99. The fourth-order valence-electron chi connectivity index (χ4n) is 2.71. The lowest BCUT2D eigenvalue weighted by Gasteiger charge is -2.23. The van der Waals surface area contributed by atoms with Gasteiger partial charge in [-0.2, -0.15) is 0 Å². The van der Waals surface area contributed by atoms with Gasteiger partial charge >= 0.3 is 0 Å². The van der Waals surface area contributed by atoms with Crippen LogP contribution >= 0.6 is 0 Å². The molecule has 4 N–H and O–H groups in total. The van der Waals surface area contributed by atoms with E-state index in [0.717, 1.165) is 12.0 Å². The summed E-state index contributed by atoms with van der Waals surface area (Å²) in [4.78, 5) is 12.2. The number of nitrogens with one attached hydrogen (secondary N) is 1. The van der Waals surface area contributed by atoms with E-state index in [-0.39, 0.29) is 24.2 Å². The van der Waals surface area contributed by atoms with Gasteiger partial charge in [-0.25, -0.2) is 0 Å². The third kappa shape index (κ3) is 3.81. The molecule has 21 heavy (non-hydrogen) atoms. The number of hydrogen-bond donors (Lipinski definition) is 3. The molecule has 1 aromatic carbocycles. The van der Waals surface area contributed by atoms with Gasteiger partial charge in [-0.15, -0.1) is 0 Å². The first-order valence-corrected chi connectivity index (χ1v) is 7.46. The first kappa shape index (κ1) is 15.9. The average Bonchev–Trinajstić information content (AvgIpc) is 2.76. The average molecular weight is 292 g/mol. The molecule has 1 heterocycles. The van der Waals surface area contributed by atoms with Gasteiger partial charge in [0.25, 0.3) is 0 Å². The number of benzene rings is 1. The molecule has 1 aliphatic heterocycles. The number of rotatable bonds is 5. The molecular formula is C16H24N2O3. The van der Waals surface area contributed by atoms with E-state index in [9.17, 15) is 9.90 Å². The highest BCUT2D eigenvalue weighted by Crippen LogP contribution is 2.23. The zero-order valence-corrected chi connectivity index (χ0v) is 12.5. The van der Waals surface area contributed by atoms with Gasteiger partial charge in [-0.1, -0.05) is 37.3 Å². The smallest absolute Gasteiger partial charge is 0.237 e. The van der Waals surface area contributed by atoms with Gasteiger partial charge in [0.2, 0.25) is 5.91 Å². The summed E-state index contributed by atoms with van der Waals surface area (Å²) in [6, 6.07) is 8.63. The molecule has 0 aromatic heterocycles. The van der Waals surface area contributed by atoms with E-state index in [0.29, 0.717) is 6.42 Å². The van der Waals surface area contributed by atoms with Gasteiger partial charge in [0.05, 0.1) is 24.3 Å². The van der Waals surface area contributed by atoms with Crippen molar-refractivity contribution in [2.45, 2.75) is 57.1 Å². The monoisotopic (exact) mass is 292 g/mol. The Kier molecular flexibility index (Phi) is 5.33. The van der Waals surface area contributed by atoms with Crippen LogP contribution in [0.3, 0.4) is 0 Å². The van der Waals surface area contributed by atoms with Gasteiger partial charge in [0.1, 0.15) is 6.10 Å². The summed E-state index contributed by atoms with van der Waals surface area (Å²) in [6.45, 7) is 3.78. The van der Waals surface area contributed by atoms with Crippen LogP contribution in [0.1, 0.15) is 25.8 Å². The molecule has 116 valence electrons. The minimum Gasteiger partial charge on any atom is -0.388 e. The summed E-state index contributed by atoms with van der Waals surface area (Å²) in [5.74, 6) is -0.251. The van der Waals surface area contributed by atoms with Gasteiger partial charge in [-0.3, -0.25) is 4.79 Å². The Morgan fingerprint density at radius 2 is 2.10 bits per heavy atom. The van der Waals surface area contributed by atoms with Crippen LogP contribution in [-0.4, -0.2) is 41.4 Å². The van der Waals surface area contributed by atoms with Crippen LogP contribution in [0, 0.1) is 0 Å².